The Balaban J connectivity index is 1.92. The van der Waals surface area contributed by atoms with Crippen molar-refractivity contribution in [2.24, 2.45) is 5.92 Å². The van der Waals surface area contributed by atoms with E-state index in [1.54, 1.807) is 17.4 Å². The van der Waals surface area contributed by atoms with Crippen LogP contribution < -0.4 is 5.32 Å². The number of nitrogens with zero attached hydrogens (tertiary/aromatic N) is 1. The lowest BCUT2D eigenvalue weighted by molar-refractivity contribution is 0.102. The highest BCUT2D eigenvalue weighted by molar-refractivity contribution is 14.1. The molecule has 1 aliphatic carbocycles. The number of anilines is 1. The first-order chi connectivity index (χ1) is 10.6. The van der Waals surface area contributed by atoms with E-state index in [4.69, 9.17) is 0 Å². The Hall–Kier alpha value is -1.39. The number of fused-ring (bicyclic) bond motifs is 1. The smallest absolute Gasteiger partial charge is 0.257 e. The monoisotopic (exact) mass is 422 g/mol. The molecule has 1 amide bonds. The standard InChI is InChI=1S/C17H15IN2OS/c1-10-6-7-11-13(9-19)17(22-15(11)8-10)20-16(21)12-4-2-3-5-14(12)18/h2-5,10H,6-8H2,1H3,(H,20,21). The first kappa shape index (κ1) is 15.5. The quantitative estimate of drug-likeness (QED) is 0.720. The van der Waals surface area contributed by atoms with Crippen molar-refractivity contribution < 1.29 is 4.79 Å². The maximum atomic E-state index is 12.5. The molecule has 0 radical (unpaired) electrons. The summed E-state index contributed by atoms with van der Waals surface area (Å²) >= 11 is 3.72. The first-order valence-electron chi connectivity index (χ1n) is 7.20. The minimum absolute atomic E-state index is 0.145. The third kappa shape index (κ3) is 2.90. The van der Waals surface area contributed by atoms with Gasteiger partial charge in [0.05, 0.1) is 11.1 Å². The van der Waals surface area contributed by atoms with E-state index in [2.05, 4.69) is 40.9 Å². The second-order valence-electron chi connectivity index (χ2n) is 5.60. The van der Waals surface area contributed by atoms with Crippen LogP contribution in [0.3, 0.4) is 0 Å². The Morgan fingerprint density at radius 1 is 1.45 bits per heavy atom. The van der Waals surface area contributed by atoms with Crippen molar-refractivity contribution in [2.45, 2.75) is 26.2 Å². The molecule has 3 nitrogen and oxygen atoms in total. The Bertz CT molecular complexity index is 775. The number of halogens is 1. The topological polar surface area (TPSA) is 52.9 Å². The summed E-state index contributed by atoms with van der Waals surface area (Å²) in [6.07, 6.45) is 3.06. The number of hydrogen-bond acceptors (Lipinski definition) is 3. The molecule has 112 valence electrons. The predicted molar refractivity (Wildman–Crippen MR) is 97.3 cm³/mol. The van der Waals surface area contributed by atoms with Crippen molar-refractivity contribution in [3.8, 4) is 6.07 Å². The first-order valence-corrected chi connectivity index (χ1v) is 9.10. The molecule has 1 unspecified atom stereocenters. The summed E-state index contributed by atoms with van der Waals surface area (Å²) in [5.41, 5.74) is 2.45. The van der Waals surface area contributed by atoms with Gasteiger partial charge in [-0.25, -0.2) is 0 Å². The van der Waals surface area contributed by atoms with E-state index in [1.807, 2.05) is 18.2 Å². The van der Waals surface area contributed by atoms with Gasteiger partial charge in [-0.3, -0.25) is 4.79 Å². The molecule has 1 aromatic heterocycles. The Labute approximate surface area is 147 Å². The van der Waals surface area contributed by atoms with E-state index in [1.165, 1.54) is 4.88 Å². The summed E-state index contributed by atoms with van der Waals surface area (Å²) in [6.45, 7) is 2.24. The number of nitrogens with one attached hydrogen (secondary N) is 1. The zero-order valence-electron chi connectivity index (χ0n) is 12.1. The molecule has 2 aromatic rings. The molecule has 0 saturated carbocycles. The molecule has 0 spiro atoms. The van der Waals surface area contributed by atoms with Crippen LogP contribution in [-0.4, -0.2) is 5.91 Å². The van der Waals surface area contributed by atoms with Gasteiger partial charge in [-0.05, 0) is 65.5 Å². The number of hydrogen-bond donors (Lipinski definition) is 1. The van der Waals surface area contributed by atoms with E-state index in [9.17, 15) is 10.1 Å². The molecule has 5 heteroatoms. The van der Waals surface area contributed by atoms with E-state index < -0.39 is 0 Å². The average molecular weight is 422 g/mol. The van der Waals surface area contributed by atoms with Crippen LogP contribution in [0.4, 0.5) is 5.00 Å². The molecule has 0 fully saturated rings. The van der Waals surface area contributed by atoms with Crippen LogP contribution >= 0.6 is 33.9 Å². The third-order valence-corrected chi connectivity index (χ3v) is 6.08. The Kier molecular flexibility index (Phi) is 4.50. The maximum Gasteiger partial charge on any atom is 0.257 e. The van der Waals surface area contributed by atoms with Gasteiger partial charge in [-0.15, -0.1) is 11.3 Å². The van der Waals surface area contributed by atoms with Crippen LogP contribution in [0.15, 0.2) is 24.3 Å². The van der Waals surface area contributed by atoms with E-state index in [0.29, 0.717) is 22.0 Å². The second kappa shape index (κ2) is 6.39. The number of carbonyl (C=O) groups excluding carboxylic acids is 1. The van der Waals surface area contributed by atoms with Crippen LogP contribution in [-0.2, 0) is 12.8 Å². The molecule has 3 rings (SSSR count). The van der Waals surface area contributed by atoms with Gasteiger partial charge >= 0.3 is 0 Å². The molecule has 1 N–H and O–H groups in total. The minimum Gasteiger partial charge on any atom is -0.312 e. The predicted octanol–water partition coefficient (Wildman–Crippen LogP) is 4.60. The van der Waals surface area contributed by atoms with Crippen LogP contribution in [0.2, 0.25) is 0 Å². The van der Waals surface area contributed by atoms with Crippen LogP contribution in [0.1, 0.15) is 39.7 Å². The van der Waals surface area contributed by atoms with Crippen molar-refractivity contribution >= 4 is 44.8 Å². The van der Waals surface area contributed by atoms with Crippen LogP contribution in [0.5, 0.6) is 0 Å². The lowest BCUT2D eigenvalue weighted by Gasteiger charge is -2.17. The summed E-state index contributed by atoms with van der Waals surface area (Å²) in [7, 11) is 0. The zero-order valence-corrected chi connectivity index (χ0v) is 15.1. The Morgan fingerprint density at radius 3 is 2.95 bits per heavy atom. The molecular weight excluding hydrogens is 407 g/mol. The van der Waals surface area contributed by atoms with E-state index >= 15 is 0 Å². The molecule has 1 atom stereocenters. The zero-order chi connectivity index (χ0) is 15.7. The number of rotatable bonds is 2. The van der Waals surface area contributed by atoms with Gasteiger partial charge in [0.2, 0.25) is 0 Å². The van der Waals surface area contributed by atoms with E-state index in [-0.39, 0.29) is 5.91 Å². The fraction of sp³-hybridized carbons (Fsp3) is 0.294. The largest absolute Gasteiger partial charge is 0.312 e. The number of thiophene rings is 1. The normalized spacial score (nSPS) is 16.7. The van der Waals surface area contributed by atoms with Crippen molar-refractivity contribution in [3.05, 3.63) is 49.4 Å². The number of amides is 1. The summed E-state index contributed by atoms with van der Waals surface area (Å²) in [5.74, 6) is 0.504. The fourth-order valence-corrected chi connectivity index (χ4v) is 4.76. The Morgan fingerprint density at radius 2 is 2.23 bits per heavy atom. The highest BCUT2D eigenvalue weighted by atomic mass is 127. The second-order valence-corrected chi connectivity index (χ2v) is 7.87. The SMILES string of the molecule is CC1CCc2c(sc(NC(=O)c3ccccc3I)c2C#N)C1. The molecule has 1 aliphatic rings. The van der Waals surface area contributed by atoms with Crippen molar-refractivity contribution in [2.75, 3.05) is 5.32 Å². The van der Waals surface area contributed by atoms with Gasteiger partial charge in [0.15, 0.2) is 0 Å². The van der Waals surface area contributed by atoms with Gasteiger partial charge in [0.1, 0.15) is 11.1 Å². The van der Waals surface area contributed by atoms with Gasteiger partial charge in [-0.2, -0.15) is 5.26 Å². The third-order valence-electron chi connectivity index (χ3n) is 3.97. The highest BCUT2D eigenvalue weighted by Gasteiger charge is 2.25. The van der Waals surface area contributed by atoms with Gasteiger partial charge in [0.25, 0.3) is 5.91 Å². The molecule has 0 aliphatic heterocycles. The van der Waals surface area contributed by atoms with Crippen molar-refractivity contribution in [1.29, 1.82) is 5.26 Å². The number of nitriles is 1. The van der Waals surface area contributed by atoms with Crippen molar-refractivity contribution in [3.63, 3.8) is 0 Å². The lowest BCUT2D eigenvalue weighted by Crippen LogP contribution is -2.13. The summed E-state index contributed by atoms with van der Waals surface area (Å²) in [4.78, 5) is 13.7. The van der Waals surface area contributed by atoms with Crippen LogP contribution in [0.25, 0.3) is 0 Å². The van der Waals surface area contributed by atoms with Crippen LogP contribution in [0, 0.1) is 20.8 Å². The molecule has 0 bridgehead atoms. The summed E-state index contributed by atoms with van der Waals surface area (Å²) in [6, 6.07) is 9.75. The lowest BCUT2D eigenvalue weighted by atomic mass is 9.88. The van der Waals surface area contributed by atoms with E-state index in [0.717, 1.165) is 28.4 Å². The molecule has 1 heterocycles. The molecule has 1 aromatic carbocycles. The fourth-order valence-electron chi connectivity index (χ4n) is 2.77. The number of carbonyl (C=O) groups is 1. The van der Waals surface area contributed by atoms with Gasteiger partial charge in [0, 0.05) is 8.45 Å². The maximum absolute atomic E-state index is 12.5. The number of benzene rings is 1. The molecule has 0 saturated heterocycles. The average Bonchev–Trinajstić information content (AvgIpc) is 2.83. The molecule has 22 heavy (non-hydrogen) atoms. The molecular formula is C17H15IN2OS. The summed E-state index contributed by atoms with van der Waals surface area (Å²) < 4.78 is 0.908. The van der Waals surface area contributed by atoms with Crippen molar-refractivity contribution in [1.82, 2.24) is 0 Å². The highest BCUT2D eigenvalue weighted by Crippen LogP contribution is 2.39. The van der Waals surface area contributed by atoms with Gasteiger partial charge in [-0.1, -0.05) is 19.1 Å². The minimum atomic E-state index is -0.145. The van der Waals surface area contributed by atoms with Gasteiger partial charge < -0.3 is 5.32 Å². The summed E-state index contributed by atoms with van der Waals surface area (Å²) in [5, 5.41) is 13.1.